The topological polar surface area (TPSA) is 82.9 Å². The molecule has 0 spiro atoms. The van der Waals surface area contributed by atoms with E-state index in [-0.39, 0.29) is 19.0 Å². The van der Waals surface area contributed by atoms with Gasteiger partial charge in [0.1, 0.15) is 17.8 Å². The molecule has 7 nitrogen and oxygen atoms in total. The van der Waals surface area contributed by atoms with Crippen LogP contribution in [0.3, 0.4) is 0 Å². The first-order chi connectivity index (χ1) is 15.0. The summed E-state index contributed by atoms with van der Waals surface area (Å²) in [5.41, 5.74) is 0.493. The fourth-order valence-electron chi connectivity index (χ4n) is 4.33. The second kappa shape index (κ2) is 8.79. The van der Waals surface area contributed by atoms with Crippen molar-refractivity contribution in [1.29, 1.82) is 0 Å². The summed E-state index contributed by atoms with van der Waals surface area (Å²) in [7, 11) is 0. The number of benzene rings is 1. The molecule has 2 aliphatic rings. The molecule has 1 atom stereocenters. The maximum Gasteiger partial charge on any atom is 0.325 e. The van der Waals surface area contributed by atoms with E-state index in [2.05, 4.69) is 11.4 Å². The van der Waals surface area contributed by atoms with Crippen molar-refractivity contribution in [2.75, 3.05) is 6.54 Å². The van der Waals surface area contributed by atoms with Crippen molar-refractivity contribution in [2.24, 2.45) is 0 Å². The minimum Gasteiger partial charge on any atom is -0.467 e. The third-order valence-electron chi connectivity index (χ3n) is 6.07. The zero-order chi connectivity index (χ0) is 21.8. The first-order valence-corrected chi connectivity index (χ1v) is 10.8. The van der Waals surface area contributed by atoms with E-state index in [4.69, 9.17) is 4.42 Å². The number of nitrogens with zero attached hydrogens (tertiary/aromatic N) is 2. The van der Waals surface area contributed by atoms with Crippen LogP contribution in [0.4, 0.5) is 4.79 Å². The van der Waals surface area contributed by atoms with E-state index in [1.54, 1.807) is 17.2 Å². The molecule has 1 aromatic heterocycles. The molecule has 1 N–H and O–H groups in total. The van der Waals surface area contributed by atoms with Crippen LogP contribution in [0.2, 0.25) is 0 Å². The third-order valence-corrected chi connectivity index (χ3v) is 6.07. The van der Waals surface area contributed by atoms with Crippen LogP contribution in [0.25, 0.3) is 0 Å². The molecule has 1 saturated heterocycles. The lowest BCUT2D eigenvalue weighted by atomic mass is 9.87. The van der Waals surface area contributed by atoms with Crippen molar-refractivity contribution in [3.05, 3.63) is 71.8 Å². The number of furan rings is 1. The average Bonchev–Trinajstić information content (AvgIpc) is 3.41. The maximum absolute atomic E-state index is 13.4. The number of hydrogen-bond acceptors (Lipinski definition) is 4. The van der Waals surface area contributed by atoms with Crippen LogP contribution in [0.1, 0.15) is 50.4 Å². The van der Waals surface area contributed by atoms with Crippen LogP contribution < -0.4 is 5.32 Å². The number of urea groups is 1. The van der Waals surface area contributed by atoms with Crippen LogP contribution in [-0.4, -0.2) is 34.2 Å². The molecule has 31 heavy (non-hydrogen) atoms. The lowest BCUT2D eigenvalue weighted by Crippen LogP contribution is -2.45. The molecule has 1 aliphatic carbocycles. The van der Waals surface area contributed by atoms with Gasteiger partial charge in [0, 0.05) is 5.70 Å². The monoisotopic (exact) mass is 421 g/mol. The molecule has 2 aromatic rings. The number of rotatable bonds is 7. The number of carbonyl (C=O) groups excluding carboxylic acids is 3. The molecule has 7 heteroatoms. The highest BCUT2D eigenvalue weighted by molar-refractivity contribution is 6.09. The summed E-state index contributed by atoms with van der Waals surface area (Å²) in [6.07, 6.45) is 7.83. The number of imide groups is 1. The lowest BCUT2D eigenvalue weighted by Gasteiger charge is -2.29. The average molecular weight is 421 g/mol. The van der Waals surface area contributed by atoms with Crippen molar-refractivity contribution >= 4 is 17.8 Å². The summed E-state index contributed by atoms with van der Waals surface area (Å²) in [5.74, 6) is -0.0349. The number of allylic oxidation sites excluding steroid dienone is 2. The SMILES string of the molecule is CCC1(c2ccccc2)NC(=O)N(CC(=O)N(Cc2ccco2)C2=CCCCC2)C1=O. The molecule has 1 fully saturated rings. The zero-order valence-corrected chi connectivity index (χ0v) is 17.7. The Morgan fingerprint density at radius 1 is 1.16 bits per heavy atom. The highest BCUT2D eigenvalue weighted by atomic mass is 16.3. The Morgan fingerprint density at radius 3 is 2.61 bits per heavy atom. The quantitative estimate of drug-likeness (QED) is 0.687. The third kappa shape index (κ3) is 4.00. The Balaban J connectivity index is 1.57. The first-order valence-electron chi connectivity index (χ1n) is 10.8. The van der Waals surface area contributed by atoms with E-state index in [9.17, 15) is 14.4 Å². The van der Waals surface area contributed by atoms with Crippen LogP contribution >= 0.6 is 0 Å². The van der Waals surface area contributed by atoms with Crippen LogP contribution in [-0.2, 0) is 21.7 Å². The van der Waals surface area contributed by atoms with E-state index in [1.807, 2.05) is 43.3 Å². The van der Waals surface area contributed by atoms with Gasteiger partial charge < -0.3 is 14.6 Å². The van der Waals surface area contributed by atoms with E-state index in [1.165, 1.54) is 0 Å². The van der Waals surface area contributed by atoms with Gasteiger partial charge in [-0.15, -0.1) is 0 Å². The predicted molar refractivity (Wildman–Crippen MR) is 114 cm³/mol. The number of nitrogens with one attached hydrogen (secondary N) is 1. The van der Waals surface area contributed by atoms with Crippen molar-refractivity contribution in [1.82, 2.24) is 15.1 Å². The van der Waals surface area contributed by atoms with Crippen LogP contribution in [0.5, 0.6) is 0 Å². The Hall–Kier alpha value is -3.35. The summed E-state index contributed by atoms with van der Waals surface area (Å²) in [6.45, 7) is 1.82. The van der Waals surface area contributed by atoms with Crippen LogP contribution in [0.15, 0.2) is 64.9 Å². The number of carbonyl (C=O) groups is 3. The molecule has 4 amide bonds. The number of hydrogen-bond donors (Lipinski definition) is 1. The summed E-state index contributed by atoms with van der Waals surface area (Å²) in [6, 6.07) is 12.2. The van der Waals surface area contributed by atoms with E-state index in [0.29, 0.717) is 17.7 Å². The fraction of sp³-hybridized carbons (Fsp3) is 0.375. The van der Waals surface area contributed by atoms with Crippen molar-refractivity contribution in [2.45, 2.75) is 51.1 Å². The van der Waals surface area contributed by atoms with Gasteiger partial charge in [0.25, 0.3) is 5.91 Å². The van der Waals surface area contributed by atoms with E-state index in [0.717, 1.165) is 36.3 Å². The minimum absolute atomic E-state index is 0.277. The van der Waals surface area contributed by atoms with Crippen molar-refractivity contribution in [3.8, 4) is 0 Å². The molecule has 0 saturated carbocycles. The predicted octanol–water partition coefficient (Wildman–Crippen LogP) is 3.92. The molecule has 1 unspecified atom stereocenters. The Bertz CT molecular complexity index is 984. The van der Waals surface area contributed by atoms with Gasteiger partial charge in [-0.25, -0.2) is 4.79 Å². The lowest BCUT2D eigenvalue weighted by molar-refractivity contribution is -0.138. The van der Waals surface area contributed by atoms with Crippen molar-refractivity contribution < 1.29 is 18.8 Å². The molecule has 1 aliphatic heterocycles. The molecule has 162 valence electrons. The maximum atomic E-state index is 13.4. The molecule has 4 rings (SSSR count). The number of amides is 4. The van der Waals surface area contributed by atoms with Gasteiger partial charge in [0.15, 0.2) is 0 Å². The second-order valence-corrected chi connectivity index (χ2v) is 7.95. The van der Waals surface area contributed by atoms with E-state index >= 15 is 0 Å². The minimum atomic E-state index is -1.14. The normalized spacial score (nSPS) is 21.1. The Kier molecular flexibility index (Phi) is 5.93. The summed E-state index contributed by atoms with van der Waals surface area (Å²) in [4.78, 5) is 42.1. The zero-order valence-electron chi connectivity index (χ0n) is 17.7. The summed E-state index contributed by atoms with van der Waals surface area (Å²) >= 11 is 0. The largest absolute Gasteiger partial charge is 0.467 e. The standard InChI is InChI=1S/C24H27N3O4/c1-2-24(18-10-5-3-6-11-18)22(29)27(23(30)25-24)17-21(28)26(16-20-14-9-15-31-20)19-12-7-4-8-13-19/h3,5-6,9-12,14-15H,2,4,7-8,13,16-17H2,1H3,(H,25,30). The van der Waals surface area contributed by atoms with Crippen molar-refractivity contribution in [3.63, 3.8) is 0 Å². The molecule has 0 radical (unpaired) electrons. The molecule has 2 heterocycles. The van der Waals surface area contributed by atoms with Crippen LogP contribution in [0, 0.1) is 0 Å². The molecular weight excluding hydrogens is 394 g/mol. The second-order valence-electron chi connectivity index (χ2n) is 7.95. The Morgan fingerprint density at radius 2 is 1.97 bits per heavy atom. The van der Waals surface area contributed by atoms with Gasteiger partial charge in [-0.2, -0.15) is 0 Å². The molecule has 1 aromatic carbocycles. The smallest absolute Gasteiger partial charge is 0.325 e. The van der Waals surface area contributed by atoms with Gasteiger partial charge in [0.2, 0.25) is 5.91 Å². The summed E-state index contributed by atoms with van der Waals surface area (Å²) in [5, 5.41) is 2.84. The summed E-state index contributed by atoms with van der Waals surface area (Å²) < 4.78 is 5.44. The van der Waals surface area contributed by atoms with Gasteiger partial charge in [-0.05, 0) is 49.8 Å². The fourth-order valence-corrected chi connectivity index (χ4v) is 4.33. The van der Waals surface area contributed by atoms with Gasteiger partial charge in [-0.1, -0.05) is 43.3 Å². The Labute approximate surface area is 181 Å². The molecule has 0 bridgehead atoms. The van der Waals surface area contributed by atoms with E-state index < -0.39 is 17.5 Å². The molecular formula is C24H27N3O4. The van der Waals surface area contributed by atoms with Gasteiger partial charge >= 0.3 is 6.03 Å². The first kappa shape index (κ1) is 20.9. The highest BCUT2D eigenvalue weighted by Gasteiger charge is 2.51. The van der Waals surface area contributed by atoms with Gasteiger partial charge in [-0.3, -0.25) is 14.5 Å². The highest BCUT2D eigenvalue weighted by Crippen LogP contribution is 2.32. The van der Waals surface area contributed by atoms with Gasteiger partial charge in [0.05, 0.1) is 12.8 Å².